The fourth-order valence-corrected chi connectivity index (χ4v) is 3.62. The van der Waals surface area contributed by atoms with E-state index in [-0.39, 0.29) is 36.8 Å². The van der Waals surface area contributed by atoms with Crippen LogP contribution in [-0.2, 0) is 24.3 Å². The molecule has 2 N–H and O–H groups in total. The molecule has 0 spiro atoms. The number of piperidine rings is 1. The molecular weight excluding hydrogens is 401 g/mol. The zero-order chi connectivity index (χ0) is 17.8. The van der Waals surface area contributed by atoms with Gasteiger partial charge in [0.1, 0.15) is 5.82 Å². The van der Waals surface area contributed by atoms with E-state index >= 15 is 0 Å². The van der Waals surface area contributed by atoms with Gasteiger partial charge < -0.3 is 15.5 Å². The second-order valence-electron chi connectivity index (χ2n) is 6.92. The third-order valence-corrected chi connectivity index (χ3v) is 5.06. The molecule has 0 unspecified atom stereocenters. The molecule has 4 rings (SSSR count). The molecule has 0 aromatic carbocycles. The summed E-state index contributed by atoms with van der Waals surface area (Å²) in [7, 11) is 0. The number of carbonyl (C=O) groups excluding carboxylic acids is 1. The van der Waals surface area contributed by atoms with Crippen molar-refractivity contribution in [2.75, 3.05) is 24.5 Å². The van der Waals surface area contributed by atoms with E-state index in [1.165, 1.54) is 5.69 Å². The van der Waals surface area contributed by atoms with Gasteiger partial charge in [0.05, 0.1) is 24.1 Å². The van der Waals surface area contributed by atoms with Crippen LogP contribution in [0.4, 0.5) is 5.82 Å². The highest BCUT2D eigenvalue weighted by Gasteiger charge is 2.21. The maximum absolute atomic E-state index is 12.3. The molecule has 2 aliphatic heterocycles. The van der Waals surface area contributed by atoms with E-state index in [4.69, 9.17) is 0 Å². The molecule has 2 aromatic heterocycles. The Morgan fingerprint density at radius 1 is 1.21 bits per heavy atom. The second-order valence-corrected chi connectivity index (χ2v) is 6.92. The third-order valence-electron chi connectivity index (χ3n) is 5.06. The fraction of sp³-hybridized carbons (Fsp3) is 0.556. The van der Waals surface area contributed by atoms with Crippen molar-refractivity contribution in [1.82, 2.24) is 30.4 Å². The standard InChI is InChI=1S/C18H25N7O.2ClH/c26-18(2-1-15-11-16-12-20-7-10-25(16)23-15)22-14-3-8-24(9-4-14)17-13-19-5-6-21-17;;/h5-6,11,13-14,20H,1-4,7-10,12H2,(H,22,26);2*1H. The van der Waals surface area contributed by atoms with Crippen molar-refractivity contribution < 1.29 is 4.79 Å². The van der Waals surface area contributed by atoms with Gasteiger partial charge >= 0.3 is 0 Å². The van der Waals surface area contributed by atoms with Gasteiger partial charge in [-0.3, -0.25) is 14.5 Å². The summed E-state index contributed by atoms with van der Waals surface area (Å²) in [4.78, 5) is 23.0. The largest absolute Gasteiger partial charge is 0.355 e. The summed E-state index contributed by atoms with van der Waals surface area (Å²) in [5, 5.41) is 11.1. The number of hydrogen-bond acceptors (Lipinski definition) is 6. The van der Waals surface area contributed by atoms with E-state index in [1.807, 2.05) is 4.68 Å². The molecule has 154 valence electrons. The predicted octanol–water partition coefficient (Wildman–Crippen LogP) is 1.34. The molecule has 4 heterocycles. The maximum Gasteiger partial charge on any atom is 0.220 e. The molecule has 10 heteroatoms. The molecule has 0 aliphatic carbocycles. The molecule has 28 heavy (non-hydrogen) atoms. The highest BCUT2D eigenvalue weighted by atomic mass is 35.5. The molecular formula is C18H27Cl2N7O. The molecule has 2 aliphatic rings. The molecule has 1 amide bonds. The Morgan fingerprint density at radius 2 is 2.04 bits per heavy atom. The van der Waals surface area contributed by atoms with Gasteiger partial charge in [0.15, 0.2) is 0 Å². The van der Waals surface area contributed by atoms with Crippen molar-refractivity contribution >= 4 is 36.5 Å². The Kier molecular flexibility index (Phi) is 8.47. The van der Waals surface area contributed by atoms with Crippen LogP contribution in [0.3, 0.4) is 0 Å². The minimum Gasteiger partial charge on any atom is -0.355 e. The normalized spacial score (nSPS) is 16.5. The summed E-state index contributed by atoms with van der Waals surface area (Å²) in [5.41, 5.74) is 2.22. The Bertz CT molecular complexity index is 724. The maximum atomic E-state index is 12.3. The van der Waals surface area contributed by atoms with Crippen LogP contribution in [0.1, 0.15) is 30.7 Å². The van der Waals surface area contributed by atoms with Crippen molar-refractivity contribution in [2.45, 2.75) is 44.8 Å². The first-order chi connectivity index (χ1) is 12.8. The van der Waals surface area contributed by atoms with Gasteiger partial charge in [0.2, 0.25) is 5.91 Å². The van der Waals surface area contributed by atoms with E-state index in [0.29, 0.717) is 12.8 Å². The first-order valence-corrected chi connectivity index (χ1v) is 9.34. The number of carbonyl (C=O) groups is 1. The number of anilines is 1. The van der Waals surface area contributed by atoms with Crippen LogP contribution in [0, 0.1) is 0 Å². The lowest BCUT2D eigenvalue weighted by molar-refractivity contribution is -0.121. The Balaban J connectivity index is 0.00000140. The van der Waals surface area contributed by atoms with Crippen LogP contribution in [0.5, 0.6) is 0 Å². The molecule has 0 bridgehead atoms. The molecule has 2 aromatic rings. The average Bonchev–Trinajstić information content (AvgIpc) is 3.11. The summed E-state index contributed by atoms with van der Waals surface area (Å²) in [5.74, 6) is 1.03. The lowest BCUT2D eigenvalue weighted by Gasteiger charge is -2.32. The quantitative estimate of drug-likeness (QED) is 0.748. The number of hydrogen-bond donors (Lipinski definition) is 2. The number of rotatable bonds is 5. The topological polar surface area (TPSA) is 88.0 Å². The van der Waals surface area contributed by atoms with E-state index in [0.717, 1.165) is 57.1 Å². The Morgan fingerprint density at radius 3 is 2.75 bits per heavy atom. The van der Waals surface area contributed by atoms with Crippen LogP contribution in [-0.4, -0.2) is 51.3 Å². The van der Waals surface area contributed by atoms with Crippen LogP contribution in [0.15, 0.2) is 24.7 Å². The average molecular weight is 428 g/mol. The predicted molar refractivity (Wildman–Crippen MR) is 112 cm³/mol. The lowest BCUT2D eigenvalue weighted by atomic mass is 10.0. The summed E-state index contributed by atoms with van der Waals surface area (Å²) < 4.78 is 2.05. The Labute approximate surface area is 177 Å². The first-order valence-electron chi connectivity index (χ1n) is 9.34. The van der Waals surface area contributed by atoms with Crippen molar-refractivity contribution in [1.29, 1.82) is 0 Å². The van der Waals surface area contributed by atoms with Gasteiger partial charge in [-0.1, -0.05) is 0 Å². The number of aromatic nitrogens is 4. The van der Waals surface area contributed by atoms with E-state index in [9.17, 15) is 4.79 Å². The lowest BCUT2D eigenvalue weighted by Crippen LogP contribution is -2.45. The van der Waals surface area contributed by atoms with Gasteiger partial charge in [-0.15, -0.1) is 24.8 Å². The number of nitrogens with one attached hydrogen (secondary N) is 2. The summed E-state index contributed by atoms with van der Waals surface area (Å²) in [6.45, 7) is 4.52. The molecule has 0 saturated carbocycles. The number of fused-ring (bicyclic) bond motifs is 1. The van der Waals surface area contributed by atoms with Crippen LogP contribution >= 0.6 is 24.8 Å². The minimum atomic E-state index is 0. The zero-order valence-electron chi connectivity index (χ0n) is 15.7. The van der Waals surface area contributed by atoms with Crippen molar-refractivity contribution in [3.05, 3.63) is 36.0 Å². The molecule has 1 fully saturated rings. The molecule has 0 radical (unpaired) electrons. The molecule has 8 nitrogen and oxygen atoms in total. The number of amides is 1. The van der Waals surface area contributed by atoms with Crippen LogP contribution < -0.4 is 15.5 Å². The third kappa shape index (κ3) is 5.56. The molecule has 1 saturated heterocycles. The molecule has 0 atom stereocenters. The minimum absolute atomic E-state index is 0. The van der Waals surface area contributed by atoms with Crippen molar-refractivity contribution in [3.8, 4) is 0 Å². The van der Waals surface area contributed by atoms with Gasteiger partial charge in [0, 0.05) is 57.5 Å². The second kappa shape index (κ2) is 10.6. The highest BCUT2D eigenvalue weighted by Crippen LogP contribution is 2.17. The van der Waals surface area contributed by atoms with Gasteiger partial charge in [-0.05, 0) is 18.9 Å². The van der Waals surface area contributed by atoms with Gasteiger partial charge in [-0.25, -0.2) is 4.98 Å². The monoisotopic (exact) mass is 427 g/mol. The highest BCUT2D eigenvalue weighted by molar-refractivity contribution is 5.85. The van der Waals surface area contributed by atoms with Gasteiger partial charge in [0.25, 0.3) is 0 Å². The van der Waals surface area contributed by atoms with E-state index in [2.05, 4.69) is 36.7 Å². The summed E-state index contributed by atoms with van der Waals surface area (Å²) in [6, 6.07) is 2.36. The summed E-state index contributed by atoms with van der Waals surface area (Å²) >= 11 is 0. The first kappa shape index (κ1) is 22.4. The van der Waals surface area contributed by atoms with Crippen LogP contribution in [0.2, 0.25) is 0 Å². The van der Waals surface area contributed by atoms with E-state index < -0.39 is 0 Å². The Hall–Kier alpha value is -1.90. The summed E-state index contributed by atoms with van der Waals surface area (Å²) in [6.07, 6.45) is 8.26. The number of aryl methyl sites for hydroxylation is 1. The number of nitrogens with zero attached hydrogens (tertiary/aromatic N) is 5. The van der Waals surface area contributed by atoms with Crippen molar-refractivity contribution in [2.24, 2.45) is 0 Å². The van der Waals surface area contributed by atoms with Crippen molar-refractivity contribution in [3.63, 3.8) is 0 Å². The smallest absolute Gasteiger partial charge is 0.220 e. The van der Waals surface area contributed by atoms with E-state index in [1.54, 1.807) is 18.6 Å². The SMILES string of the molecule is Cl.Cl.O=C(CCc1cc2n(n1)CCNC2)NC1CCN(c2cnccn2)CC1. The zero-order valence-corrected chi connectivity index (χ0v) is 17.3. The van der Waals surface area contributed by atoms with Crippen LogP contribution in [0.25, 0.3) is 0 Å². The number of halogens is 2. The fourth-order valence-electron chi connectivity index (χ4n) is 3.62. The van der Waals surface area contributed by atoms with Gasteiger partial charge in [-0.2, -0.15) is 5.10 Å².